The molecule has 1 aromatic heterocycles. The molecule has 6 nitrogen and oxygen atoms in total. The molecule has 0 radical (unpaired) electrons. The molecule has 0 spiro atoms. The van der Waals surface area contributed by atoms with E-state index in [-0.39, 0.29) is 5.92 Å². The van der Waals surface area contributed by atoms with Crippen molar-refractivity contribution in [2.75, 3.05) is 6.54 Å². The molecular weight excluding hydrogens is 260 g/mol. The summed E-state index contributed by atoms with van der Waals surface area (Å²) < 4.78 is 6.65. The highest BCUT2D eigenvalue weighted by Crippen LogP contribution is 2.32. The van der Waals surface area contributed by atoms with Gasteiger partial charge in [0.1, 0.15) is 6.04 Å². The number of benzene rings is 1. The smallest absolute Gasteiger partial charge is 0.419 e. The Kier molecular flexibility index (Phi) is 3.31. The first-order valence-corrected chi connectivity index (χ1v) is 6.71. The van der Waals surface area contributed by atoms with Crippen molar-refractivity contribution in [1.29, 1.82) is 0 Å². The molecule has 1 fully saturated rings. The second kappa shape index (κ2) is 5.13. The van der Waals surface area contributed by atoms with E-state index in [0.29, 0.717) is 18.7 Å². The summed E-state index contributed by atoms with van der Waals surface area (Å²) in [5, 5.41) is 12.1. The lowest BCUT2D eigenvalue weighted by molar-refractivity contribution is -0.140. The van der Waals surface area contributed by atoms with Crippen LogP contribution in [0.1, 0.15) is 12.8 Å². The van der Waals surface area contributed by atoms with Gasteiger partial charge in [0.05, 0.1) is 5.52 Å². The molecule has 106 valence electrons. The molecule has 0 saturated heterocycles. The average molecular weight is 276 g/mol. The minimum atomic E-state index is -0.822. The maximum Gasteiger partial charge on any atom is 0.419 e. The first-order valence-electron chi connectivity index (χ1n) is 6.71. The third kappa shape index (κ3) is 2.46. The van der Waals surface area contributed by atoms with E-state index in [9.17, 15) is 9.59 Å². The largest absolute Gasteiger partial charge is 0.480 e. The third-order valence-corrected chi connectivity index (χ3v) is 3.63. The van der Waals surface area contributed by atoms with E-state index < -0.39 is 17.8 Å². The summed E-state index contributed by atoms with van der Waals surface area (Å²) in [5.41, 5.74) is 1.28. The molecule has 1 atom stereocenters. The monoisotopic (exact) mass is 276 g/mol. The first-order chi connectivity index (χ1) is 9.66. The molecule has 1 aromatic carbocycles. The van der Waals surface area contributed by atoms with Crippen LogP contribution >= 0.6 is 0 Å². The molecule has 0 bridgehead atoms. The van der Waals surface area contributed by atoms with Crippen molar-refractivity contribution in [3.63, 3.8) is 0 Å². The highest BCUT2D eigenvalue weighted by Gasteiger charge is 2.35. The Bertz CT molecular complexity index is 684. The molecule has 3 rings (SSSR count). The number of nitrogens with one attached hydrogen (secondary N) is 1. The van der Waals surface area contributed by atoms with E-state index in [1.165, 1.54) is 4.57 Å². The van der Waals surface area contributed by atoms with Crippen molar-refractivity contribution < 1.29 is 14.3 Å². The lowest BCUT2D eigenvalue weighted by atomic mass is 10.2. The fourth-order valence-electron chi connectivity index (χ4n) is 2.44. The summed E-state index contributed by atoms with van der Waals surface area (Å²) in [5.74, 6) is -1.01. The van der Waals surface area contributed by atoms with Gasteiger partial charge < -0.3 is 14.8 Å². The number of oxazole rings is 1. The summed E-state index contributed by atoms with van der Waals surface area (Å²) in [7, 11) is 0. The number of carbonyl (C=O) groups is 1. The van der Waals surface area contributed by atoms with E-state index in [2.05, 4.69) is 5.32 Å². The van der Waals surface area contributed by atoms with Crippen molar-refractivity contribution in [1.82, 2.24) is 9.88 Å². The molecule has 1 aliphatic carbocycles. The maximum absolute atomic E-state index is 11.7. The van der Waals surface area contributed by atoms with Gasteiger partial charge in [0, 0.05) is 13.1 Å². The number of rotatable bonds is 6. The van der Waals surface area contributed by atoms with Gasteiger partial charge >= 0.3 is 11.7 Å². The number of carboxylic acid groups (broad SMARTS) is 1. The van der Waals surface area contributed by atoms with Crippen LogP contribution in [0.3, 0.4) is 0 Å². The predicted molar refractivity (Wildman–Crippen MR) is 72.6 cm³/mol. The highest BCUT2D eigenvalue weighted by molar-refractivity contribution is 5.74. The van der Waals surface area contributed by atoms with Crippen LogP contribution in [0.4, 0.5) is 0 Å². The molecule has 2 N–H and O–H groups in total. The summed E-state index contributed by atoms with van der Waals surface area (Å²) >= 11 is 0. The van der Waals surface area contributed by atoms with Crippen LogP contribution in [0.2, 0.25) is 0 Å². The van der Waals surface area contributed by atoms with Crippen molar-refractivity contribution in [2.45, 2.75) is 25.4 Å². The van der Waals surface area contributed by atoms with E-state index >= 15 is 0 Å². The topological polar surface area (TPSA) is 84.5 Å². The molecule has 0 aliphatic heterocycles. The van der Waals surface area contributed by atoms with Gasteiger partial charge in [-0.1, -0.05) is 12.1 Å². The molecule has 20 heavy (non-hydrogen) atoms. The molecule has 1 saturated carbocycles. The highest BCUT2D eigenvalue weighted by atomic mass is 16.4. The van der Waals surface area contributed by atoms with Gasteiger partial charge in [0.2, 0.25) is 0 Å². The summed E-state index contributed by atoms with van der Waals surface area (Å²) in [4.78, 5) is 22.8. The lowest BCUT2D eigenvalue weighted by Gasteiger charge is -2.13. The lowest BCUT2D eigenvalue weighted by Crippen LogP contribution is -2.40. The summed E-state index contributed by atoms with van der Waals surface area (Å²) in [6.45, 7) is 0.823. The van der Waals surface area contributed by atoms with Gasteiger partial charge in [-0.05, 0) is 30.9 Å². The fourth-order valence-corrected chi connectivity index (χ4v) is 2.44. The van der Waals surface area contributed by atoms with Crippen LogP contribution in [-0.4, -0.2) is 28.2 Å². The van der Waals surface area contributed by atoms with Crippen molar-refractivity contribution in [2.24, 2.45) is 5.92 Å². The number of aromatic nitrogens is 1. The number of aliphatic carboxylic acids is 1. The van der Waals surface area contributed by atoms with Crippen LogP contribution in [0.5, 0.6) is 0 Å². The van der Waals surface area contributed by atoms with E-state index in [1.807, 2.05) is 12.1 Å². The molecule has 1 aliphatic rings. The molecular formula is C14H16N2O4. The normalized spacial score (nSPS) is 16.4. The Balaban J connectivity index is 1.69. The van der Waals surface area contributed by atoms with Crippen LogP contribution < -0.4 is 11.1 Å². The number of nitrogens with zero attached hydrogens (tertiary/aromatic N) is 1. The maximum atomic E-state index is 11.7. The Hall–Kier alpha value is -2.08. The van der Waals surface area contributed by atoms with E-state index in [0.717, 1.165) is 18.4 Å². The molecule has 1 unspecified atom stereocenters. The van der Waals surface area contributed by atoms with Crippen molar-refractivity contribution in [3.8, 4) is 0 Å². The van der Waals surface area contributed by atoms with Crippen LogP contribution in [0, 0.1) is 5.92 Å². The Morgan fingerprint density at radius 1 is 1.45 bits per heavy atom. The molecule has 1 heterocycles. The number of hydrogen-bond donors (Lipinski definition) is 2. The van der Waals surface area contributed by atoms with Gasteiger partial charge in [0.25, 0.3) is 0 Å². The number of fused-ring (bicyclic) bond motifs is 1. The van der Waals surface area contributed by atoms with Gasteiger partial charge in [0.15, 0.2) is 5.58 Å². The zero-order chi connectivity index (χ0) is 14.1. The molecule has 6 heteroatoms. The second-order valence-corrected chi connectivity index (χ2v) is 5.09. The number of carboxylic acids is 1. The standard InChI is InChI=1S/C14H16N2O4/c17-13(18)12(9-5-6-9)15-7-8-16-10-3-1-2-4-11(10)20-14(16)19/h1-4,9,12,15H,5-8H2,(H,17,18). The van der Waals surface area contributed by atoms with E-state index in [1.54, 1.807) is 12.1 Å². The minimum Gasteiger partial charge on any atom is -0.480 e. The Morgan fingerprint density at radius 2 is 2.20 bits per heavy atom. The van der Waals surface area contributed by atoms with Crippen LogP contribution in [0.15, 0.2) is 33.5 Å². The van der Waals surface area contributed by atoms with Gasteiger partial charge in [-0.3, -0.25) is 9.36 Å². The predicted octanol–water partition coefficient (Wildman–Crippen LogP) is 1.05. The first kappa shape index (κ1) is 12.9. The van der Waals surface area contributed by atoms with Gasteiger partial charge in [-0.2, -0.15) is 0 Å². The number of hydrogen-bond acceptors (Lipinski definition) is 4. The van der Waals surface area contributed by atoms with E-state index in [4.69, 9.17) is 9.52 Å². The van der Waals surface area contributed by atoms with Gasteiger partial charge in [-0.15, -0.1) is 0 Å². The van der Waals surface area contributed by atoms with Crippen LogP contribution in [-0.2, 0) is 11.3 Å². The Labute approximate surface area is 115 Å². The van der Waals surface area contributed by atoms with Gasteiger partial charge in [-0.25, -0.2) is 4.79 Å². The van der Waals surface area contributed by atoms with Crippen LogP contribution in [0.25, 0.3) is 11.1 Å². The Morgan fingerprint density at radius 3 is 2.90 bits per heavy atom. The summed E-state index contributed by atoms with van der Waals surface area (Å²) in [6.07, 6.45) is 1.91. The van der Waals surface area contributed by atoms with Crippen molar-refractivity contribution >= 4 is 17.1 Å². The fraction of sp³-hybridized carbons (Fsp3) is 0.429. The average Bonchev–Trinajstić information content (AvgIpc) is 3.19. The quantitative estimate of drug-likeness (QED) is 0.823. The van der Waals surface area contributed by atoms with Crippen molar-refractivity contribution in [3.05, 3.63) is 34.8 Å². The zero-order valence-electron chi connectivity index (χ0n) is 10.9. The second-order valence-electron chi connectivity index (χ2n) is 5.09. The zero-order valence-corrected chi connectivity index (χ0v) is 10.9. The third-order valence-electron chi connectivity index (χ3n) is 3.63. The SMILES string of the molecule is O=C(O)C(NCCn1c(=O)oc2ccccc21)C1CC1. The summed E-state index contributed by atoms with van der Waals surface area (Å²) in [6, 6.07) is 6.69. The number of para-hydroxylation sites is 2. The molecule has 2 aromatic rings. The minimum absolute atomic E-state index is 0.227. The molecule has 0 amide bonds.